The van der Waals surface area contributed by atoms with Gasteiger partial charge >= 0.3 is 0 Å². The van der Waals surface area contributed by atoms with Crippen molar-refractivity contribution in [2.45, 2.75) is 37.9 Å². The zero-order valence-corrected chi connectivity index (χ0v) is 15.0. The average molecular weight is 353 g/mol. The first-order valence-electron chi connectivity index (χ1n) is 8.33. The molecule has 0 radical (unpaired) electrons. The highest BCUT2D eigenvalue weighted by Gasteiger charge is 2.28. The zero-order chi connectivity index (χ0) is 17.4. The Morgan fingerprint density at radius 2 is 2.00 bits per heavy atom. The fourth-order valence-electron chi connectivity index (χ4n) is 3.06. The number of nitrogens with zero attached hydrogens (tertiary/aromatic N) is 5. The van der Waals surface area contributed by atoms with Crippen LogP contribution in [0.1, 0.15) is 40.6 Å². The Morgan fingerprint density at radius 3 is 2.72 bits per heavy atom. The molecule has 25 heavy (non-hydrogen) atoms. The number of carbonyl (C=O) groups is 1. The molecule has 0 unspecified atom stereocenters. The molecule has 0 N–H and O–H groups in total. The number of carbonyl (C=O) groups excluding carboxylic acids is 1. The number of rotatable bonds is 6. The molecule has 0 atom stereocenters. The molecule has 4 rings (SSSR count). The number of thioether (sulfide) groups is 1. The van der Waals surface area contributed by atoms with Crippen molar-refractivity contribution in [3.63, 3.8) is 0 Å². The molecule has 2 heterocycles. The molecular weight excluding hydrogens is 334 g/mol. The van der Waals surface area contributed by atoms with Crippen LogP contribution in [0.3, 0.4) is 0 Å². The Bertz CT molecular complexity index is 911. The van der Waals surface area contributed by atoms with Crippen LogP contribution in [-0.2, 0) is 0 Å². The first kappa shape index (κ1) is 16.1. The van der Waals surface area contributed by atoms with Crippen molar-refractivity contribution in [1.29, 1.82) is 0 Å². The monoisotopic (exact) mass is 353 g/mol. The fraction of sp³-hybridized carbons (Fsp3) is 0.333. The quantitative estimate of drug-likeness (QED) is 0.502. The number of Topliss-reactive ketones (excluding diaryl/α,β-unsaturated/α-hetero) is 1. The van der Waals surface area contributed by atoms with Gasteiger partial charge in [-0.3, -0.25) is 4.79 Å². The minimum atomic E-state index is 0.102. The maximum atomic E-state index is 12.7. The molecule has 2 aromatic heterocycles. The van der Waals surface area contributed by atoms with E-state index in [2.05, 4.69) is 20.1 Å². The number of benzene rings is 1. The van der Waals surface area contributed by atoms with Crippen LogP contribution in [0.25, 0.3) is 5.69 Å². The van der Waals surface area contributed by atoms with E-state index in [-0.39, 0.29) is 5.78 Å². The van der Waals surface area contributed by atoms with Gasteiger partial charge in [-0.2, -0.15) is 0 Å². The zero-order valence-electron chi connectivity index (χ0n) is 14.2. The predicted octanol–water partition coefficient (Wildman–Crippen LogP) is 3.39. The number of para-hydroxylation sites is 1. The molecular formula is C18H19N5OS. The summed E-state index contributed by atoms with van der Waals surface area (Å²) in [5, 5.41) is 12.5. The van der Waals surface area contributed by atoms with E-state index in [1.165, 1.54) is 11.8 Å². The van der Waals surface area contributed by atoms with E-state index in [0.29, 0.717) is 11.8 Å². The first-order chi connectivity index (χ1) is 12.1. The van der Waals surface area contributed by atoms with Crippen LogP contribution in [0.15, 0.2) is 41.6 Å². The number of ketones is 1. The summed E-state index contributed by atoms with van der Waals surface area (Å²) in [5.41, 5.74) is 3.86. The summed E-state index contributed by atoms with van der Waals surface area (Å²) in [6.07, 6.45) is 2.23. The fourth-order valence-corrected chi connectivity index (χ4v) is 3.88. The van der Waals surface area contributed by atoms with Crippen LogP contribution in [0.5, 0.6) is 0 Å². The van der Waals surface area contributed by atoms with Crippen LogP contribution in [0, 0.1) is 13.8 Å². The van der Waals surface area contributed by atoms with E-state index < -0.39 is 0 Å². The van der Waals surface area contributed by atoms with Crippen molar-refractivity contribution in [3.8, 4) is 5.69 Å². The Morgan fingerprint density at radius 1 is 1.24 bits per heavy atom. The number of hydrogen-bond acceptors (Lipinski definition) is 5. The van der Waals surface area contributed by atoms with Crippen molar-refractivity contribution in [2.24, 2.45) is 0 Å². The van der Waals surface area contributed by atoms with Crippen LogP contribution >= 0.6 is 11.8 Å². The van der Waals surface area contributed by atoms with Crippen molar-refractivity contribution >= 4 is 17.5 Å². The Labute approximate surface area is 150 Å². The minimum absolute atomic E-state index is 0.102. The Hall–Kier alpha value is -2.41. The lowest BCUT2D eigenvalue weighted by Crippen LogP contribution is -2.07. The molecule has 1 aromatic carbocycles. The number of tetrazole rings is 1. The lowest BCUT2D eigenvalue weighted by Gasteiger charge is -2.09. The third-order valence-electron chi connectivity index (χ3n) is 4.43. The predicted molar refractivity (Wildman–Crippen MR) is 96.4 cm³/mol. The van der Waals surface area contributed by atoms with Gasteiger partial charge in [0.1, 0.15) is 0 Å². The highest BCUT2D eigenvalue weighted by molar-refractivity contribution is 7.99. The van der Waals surface area contributed by atoms with Gasteiger partial charge in [0, 0.05) is 22.6 Å². The molecule has 1 fully saturated rings. The van der Waals surface area contributed by atoms with Crippen molar-refractivity contribution in [3.05, 3.63) is 53.3 Å². The molecule has 1 aliphatic rings. The van der Waals surface area contributed by atoms with E-state index in [9.17, 15) is 4.79 Å². The normalized spacial score (nSPS) is 14.0. The third kappa shape index (κ3) is 3.11. The van der Waals surface area contributed by atoms with Gasteiger partial charge in [0.2, 0.25) is 5.16 Å². The molecule has 7 heteroatoms. The lowest BCUT2D eigenvalue weighted by molar-refractivity contribution is 0.102. The molecule has 0 amide bonds. The molecule has 1 aliphatic carbocycles. The van der Waals surface area contributed by atoms with Crippen LogP contribution in [-0.4, -0.2) is 36.3 Å². The van der Waals surface area contributed by atoms with E-state index in [1.807, 2.05) is 54.9 Å². The molecule has 3 aromatic rings. The summed E-state index contributed by atoms with van der Waals surface area (Å²) in [4.78, 5) is 12.7. The maximum Gasteiger partial charge on any atom is 0.210 e. The average Bonchev–Trinajstić information content (AvgIpc) is 3.28. The number of hydrogen-bond donors (Lipinski definition) is 0. The summed E-state index contributed by atoms with van der Waals surface area (Å²) in [7, 11) is 0. The first-order valence-corrected chi connectivity index (χ1v) is 9.32. The van der Waals surface area contributed by atoms with Gasteiger partial charge in [0.25, 0.3) is 0 Å². The van der Waals surface area contributed by atoms with Gasteiger partial charge in [0.15, 0.2) is 5.78 Å². The number of aromatic nitrogens is 5. The highest BCUT2D eigenvalue weighted by Crippen LogP contribution is 2.36. The van der Waals surface area contributed by atoms with Gasteiger partial charge in [0.05, 0.1) is 11.8 Å². The Balaban J connectivity index is 1.53. The van der Waals surface area contributed by atoms with Crippen LogP contribution in [0.4, 0.5) is 0 Å². The molecule has 6 nitrogen and oxygen atoms in total. The minimum Gasteiger partial charge on any atom is -0.318 e. The van der Waals surface area contributed by atoms with E-state index in [1.54, 1.807) is 0 Å². The lowest BCUT2D eigenvalue weighted by atomic mass is 10.2. The second-order valence-corrected chi connectivity index (χ2v) is 7.25. The largest absolute Gasteiger partial charge is 0.318 e. The summed E-state index contributed by atoms with van der Waals surface area (Å²) in [6.45, 7) is 4.02. The summed E-state index contributed by atoms with van der Waals surface area (Å²) in [6, 6.07) is 12.5. The third-order valence-corrected chi connectivity index (χ3v) is 5.37. The van der Waals surface area contributed by atoms with Crippen LogP contribution in [0.2, 0.25) is 0 Å². The topological polar surface area (TPSA) is 65.6 Å². The standard InChI is InChI=1S/C18H19N5OS/c1-12-10-16(13(2)22(12)14-6-4-3-5-7-14)17(24)11-25-18-19-20-21-23(18)15-8-9-15/h3-7,10,15H,8-9,11H2,1-2H3. The van der Waals surface area contributed by atoms with Crippen molar-refractivity contribution in [2.75, 3.05) is 5.75 Å². The van der Waals surface area contributed by atoms with Gasteiger partial charge in [-0.25, -0.2) is 4.68 Å². The van der Waals surface area contributed by atoms with E-state index in [4.69, 9.17) is 0 Å². The summed E-state index contributed by atoms with van der Waals surface area (Å²) < 4.78 is 3.96. The summed E-state index contributed by atoms with van der Waals surface area (Å²) >= 11 is 1.41. The van der Waals surface area contributed by atoms with Gasteiger partial charge in [-0.1, -0.05) is 30.0 Å². The second kappa shape index (κ2) is 6.48. The number of aryl methyl sites for hydroxylation is 1. The van der Waals surface area contributed by atoms with Crippen molar-refractivity contribution < 1.29 is 4.79 Å². The molecule has 0 bridgehead atoms. The maximum absolute atomic E-state index is 12.7. The molecule has 0 saturated heterocycles. The highest BCUT2D eigenvalue weighted by atomic mass is 32.2. The molecule has 128 valence electrons. The van der Waals surface area contributed by atoms with Gasteiger partial charge < -0.3 is 4.57 Å². The molecule has 0 spiro atoms. The molecule has 0 aliphatic heterocycles. The van der Waals surface area contributed by atoms with E-state index >= 15 is 0 Å². The van der Waals surface area contributed by atoms with Crippen molar-refractivity contribution in [1.82, 2.24) is 24.8 Å². The Kier molecular flexibility index (Phi) is 4.17. The van der Waals surface area contributed by atoms with Gasteiger partial charge in [-0.15, -0.1) is 5.10 Å². The van der Waals surface area contributed by atoms with E-state index in [0.717, 1.165) is 40.6 Å². The SMILES string of the molecule is Cc1cc(C(=O)CSc2nnnn2C2CC2)c(C)n1-c1ccccc1. The molecule has 1 saturated carbocycles. The smallest absolute Gasteiger partial charge is 0.210 e. The van der Waals surface area contributed by atoms with Crippen LogP contribution < -0.4 is 0 Å². The van der Waals surface area contributed by atoms with Gasteiger partial charge in [-0.05, 0) is 55.3 Å². The summed E-state index contributed by atoms with van der Waals surface area (Å²) in [5.74, 6) is 0.442. The second-order valence-electron chi connectivity index (χ2n) is 6.30.